The van der Waals surface area contributed by atoms with Crippen LogP contribution < -0.4 is 9.47 Å². The number of imide groups is 1. The van der Waals surface area contributed by atoms with Gasteiger partial charge in [-0.05, 0) is 47.2 Å². The molecule has 0 unspecified atom stereocenters. The number of nitrogens with zero attached hydrogens (tertiary/aromatic N) is 2. The number of phenols is 1. The summed E-state index contributed by atoms with van der Waals surface area (Å²) in [6.07, 6.45) is 1.53. The van der Waals surface area contributed by atoms with E-state index in [9.17, 15) is 20.0 Å². The molecule has 1 heterocycles. The van der Waals surface area contributed by atoms with Crippen molar-refractivity contribution in [3.8, 4) is 23.3 Å². The van der Waals surface area contributed by atoms with E-state index in [1.54, 1.807) is 24.3 Å². The fourth-order valence-electron chi connectivity index (χ4n) is 2.72. The van der Waals surface area contributed by atoms with E-state index in [0.29, 0.717) is 16.7 Å². The molecular weight excluding hydrogens is 380 g/mol. The van der Waals surface area contributed by atoms with E-state index in [1.807, 2.05) is 0 Å². The van der Waals surface area contributed by atoms with E-state index in [2.05, 4.69) is 6.07 Å². The van der Waals surface area contributed by atoms with Crippen molar-refractivity contribution >= 4 is 29.0 Å². The van der Waals surface area contributed by atoms with Crippen molar-refractivity contribution in [2.75, 3.05) is 14.2 Å². The van der Waals surface area contributed by atoms with Gasteiger partial charge >= 0.3 is 0 Å². The van der Waals surface area contributed by atoms with Crippen LogP contribution in [0.3, 0.4) is 0 Å². The van der Waals surface area contributed by atoms with Gasteiger partial charge in [0.15, 0.2) is 11.5 Å². The Hall–Kier alpha value is -3.44. The lowest BCUT2D eigenvalue weighted by atomic mass is 10.1. The highest BCUT2D eigenvalue weighted by Gasteiger charge is 2.35. The Morgan fingerprint density at radius 2 is 1.82 bits per heavy atom. The Balaban J connectivity index is 1.90. The van der Waals surface area contributed by atoms with Crippen LogP contribution in [0.5, 0.6) is 17.2 Å². The van der Waals surface area contributed by atoms with Crippen molar-refractivity contribution in [1.82, 2.24) is 4.90 Å². The molecule has 0 bridgehead atoms. The quantitative estimate of drug-likeness (QED) is 0.772. The van der Waals surface area contributed by atoms with E-state index in [-0.39, 0.29) is 28.7 Å². The topological polar surface area (TPSA) is 99.9 Å². The summed E-state index contributed by atoms with van der Waals surface area (Å²) in [5.74, 6) is -0.224. The number of aromatic hydroxyl groups is 1. The number of ether oxygens (including phenoxy) is 2. The first kappa shape index (κ1) is 19.3. The van der Waals surface area contributed by atoms with Crippen LogP contribution in [0.2, 0.25) is 0 Å². The smallest absolute Gasteiger partial charge is 0.293 e. The van der Waals surface area contributed by atoms with Crippen LogP contribution in [-0.2, 0) is 11.3 Å². The molecule has 1 aliphatic rings. The normalized spacial score (nSPS) is 15.0. The van der Waals surface area contributed by atoms with Gasteiger partial charge in [-0.2, -0.15) is 5.26 Å². The number of benzene rings is 2. The second-order valence-electron chi connectivity index (χ2n) is 5.81. The molecule has 1 N–H and O–H groups in total. The predicted molar refractivity (Wildman–Crippen MR) is 104 cm³/mol. The molecule has 7 nitrogen and oxygen atoms in total. The third kappa shape index (κ3) is 3.66. The third-order valence-electron chi connectivity index (χ3n) is 4.14. The highest BCUT2D eigenvalue weighted by Crippen LogP contribution is 2.39. The number of thioether (sulfide) groups is 1. The lowest BCUT2D eigenvalue weighted by Gasteiger charge is -2.13. The van der Waals surface area contributed by atoms with Crippen LogP contribution in [0, 0.1) is 11.3 Å². The largest absolute Gasteiger partial charge is 0.502 e. The third-order valence-corrected chi connectivity index (χ3v) is 5.05. The average Bonchev–Trinajstić information content (AvgIpc) is 2.96. The number of carbonyl (C=O) groups excluding carboxylic acids is 2. The van der Waals surface area contributed by atoms with Gasteiger partial charge in [0.05, 0.1) is 37.3 Å². The Morgan fingerprint density at radius 1 is 1.18 bits per heavy atom. The zero-order valence-corrected chi connectivity index (χ0v) is 15.9. The van der Waals surface area contributed by atoms with Crippen LogP contribution in [0.4, 0.5) is 4.79 Å². The SMILES string of the molecule is COc1cc(/C=C2\SC(=O)N(Cc3ccccc3C#N)C2=O)cc(OC)c1O. The molecule has 8 heteroatoms. The Labute approximate surface area is 165 Å². The number of rotatable bonds is 5. The van der Waals surface area contributed by atoms with Gasteiger partial charge in [-0.25, -0.2) is 0 Å². The van der Waals surface area contributed by atoms with Gasteiger partial charge in [0.2, 0.25) is 5.75 Å². The highest BCUT2D eigenvalue weighted by atomic mass is 32.2. The molecule has 28 heavy (non-hydrogen) atoms. The molecule has 1 saturated heterocycles. The molecular formula is C20H16N2O5S. The maximum Gasteiger partial charge on any atom is 0.293 e. The van der Waals surface area contributed by atoms with Crippen LogP contribution in [0.25, 0.3) is 6.08 Å². The van der Waals surface area contributed by atoms with Gasteiger partial charge in [-0.15, -0.1) is 0 Å². The van der Waals surface area contributed by atoms with Crippen LogP contribution in [0.15, 0.2) is 41.3 Å². The number of hydrogen-bond acceptors (Lipinski definition) is 7. The minimum absolute atomic E-state index is 0.0218. The summed E-state index contributed by atoms with van der Waals surface area (Å²) < 4.78 is 10.2. The van der Waals surface area contributed by atoms with Gasteiger partial charge in [-0.1, -0.05) is 18.2 Å². The summed E-state index contributed by atoms with van der Waals surface area (Å²) in [6.45, 7) is 0.0218. The molecule has 3 rings (SSSR count). The fourth-order valence-corrected chi connectivity index (χ4v) is 3.56. The van der Waals surface area contributed by atoms with Crippen molar-refractivity contribution in [2.24, 2.45) is 0 Å². The molecule has 142 valence electrons. The van der Waals surface area contributed by atoms with Crippen molar-refractivity contribution < 1.29 is 24.2 Å². The number of nitriles is 1. The van der Waals surface area contributed by atoms with Gasteiger partial charge < -0.3 is 14.6 Å². The lowest BCUT2D eigenvalue weighted by Crippen LogP contribution is -2.27. The summed E-state index contributed by atoms with van der Waals surface area (Å²) in [5, 5.41) is 18.8. The molecule has 0 atom stereocenters. The minimum Gasteiger partial charge on any atom is -0.502 e. The molecule has 1 aliphatic heterocycles. The molecule has 2 aromatic rings. The molecule has 0 aromatic heterocycles. The van der Waals surface area contributed by atoms with Crippen LogP contribution in [-0.4, -0.2) is 35.4 Å². The number of methoxy groups -OCH3 is 2. The van der Waals surface area contributed by atoms with Gasteiger partial charge in [0, 0.05) is 0 Å². The molecule has 2 amide bonds. The molecule has 0 radical (unpaired) electrons. The first-order chi connectivity index (χ1) is 13.5. The molecule has 0 spiro atoms. The summed E-state index contributed by atoms with van der Waals surface area (Å²) in [5.41, 5.74) is 1.55. The summed E-state index contributed by atoms with van der Waals surface area (Å²) in [7, 11) is 2.80. The van der Waals surface area contributed by atoms with Gasteiger partial charge in [0.1, 0.15) is 0 Å². The first-order valence-electron chi connectivity index (χ1n) is 8.16. The zero-order valence-electron chi connectivity index (χ0n) is 15.1. The molecule has 0 saturated carbocycles. The Kier molecular flexibility index (Phi) is 5.57. The number of hydrogen-bond donors (Lipinski definition) is 1. The standard InChI is InChI=1S/C20H16N2O5S/c1-26-15-7-12(8-16(27-2)18(15)23)9-17-19(24)22(20(25)28-17)11-14-6-4-3-5-13(14)10-21/h3-9,23H,11H2,1-2H3/b17-9-. The van der Waals surface area contributed by atoms with E-state index in [1.165, 1.54) is 32.4 Å². The van der Waals surface area contributed by atoms with Crippen molar-refractivity contribution in [2.45, 2.75) is 6.54 Å². The minimum atomic E-state index is -0.450. The van der Waals surface area contributed by atoms with Crippen molar-refractivity contribution in [3.63, 3.8) is 0 Å². The second kappa shape index (κ2) is 8.06. The molecule has 2 aromatic carbocycles. The van der Waals surface area contributed by atoms with E-state index >= 15 is 0 Å². The number of amides is 2. The van der Waals surface area contributed by atoms with E-state index in [0.717, 1.165) is 16.7 Å². The fraction of sp³-hybridized carbons (Fsp3) is 0.150. The first-order valence-corrected chi connectivity index (χ1v) is 8.98. The average molecular weight is 396 g/mol. The van der Waals surface area contributed by atoms with Crippen molar-refractivity contribution in [3.05, 3.63) is 58.0 Å². The summed E-state index contributed by atoms with van der Waals surface area (Å²) in [4.78, 5) is 26.4. The zero-order chi connectivity index (χ0) is 20.3. The predicted octanol–water partition coefficient (Wildman–Crippen LogP) is 3.52. The van der Waals surface area contributed by atoms with E-state index in [4.69, 9.17) is 9.47 Å². The van der Waals surface area contributed by atoms with E-state index < -0.39 is 11.1 Å². The monoisotopic (exact) mass is 396 g/mol. The summed E-state index contributed by atoms with van der Waals surface area (Å²) in [6, 6.07) is 12.0. The van der Waals surface area contributed by atoms with Crippen LogP contribution in [0.1, 0.15) is 16.7 Å². The Morgan fingerprint density at radius 3 is 2.43 bits per heavy atom. The lowest BCUT2D eigenvalue weighted by molar-refractivity contribution is -0.123. The molecule has 0 aliphatic carbocycles. The van der Waals surface area contributed by atoms with Gasteiger partial charge in [-0.3, -0.25) is 14.5 Å². The van der Waals surface area contributed by atoms with Crippen LogP contribution >= 0.6 is 11.8 Å². The Bertz CT molecular complexity index is 1000. The number of phenolic OH excluding ortho intramolecular Hbond substituents is 1. The molecule has 1 fully saturated rings. The van der Waals surface area contributed by atoms with Gasteiger partial charge in [0.25, 0.3) is 11.1 Å². The maximum atomic E-state index is 12.7. The number of carbonyl (C=O) groups is 2. The maximum absolute atomic E-state index is 12.7. The van der Waals surface area contributed by atoms with Crippen molar-refractivity contribution in [1.29, 1.82) is 5.26 Å². The second-order valence-corrected chi connectivity index (χ2v) is 6.80. The summed E-state index contributed by atoms with van der Waals surface area (Å²) >= 11 is 0.812. The highest BCUT2D eigenvalue weighted by molar-refractivity contribution is 8.18.